The van der Waals surface area contributed by atoms with Crippen LogP contribution >= 0.6 is 11.6 Å². The van der Waals surface area contributed by atoms with Gasteiger partial charge in [-0.2, -0.15) is 5.10 Å². The minimum absolute atomic E-state index is 0.0348. The van der Waals surface area contributed by atoms with Gasteiger partial charge in [-0.25, -0.2) is 4.98 Å². The van der Waals surface area contributed by atoms with Gasteiger partial charge in [-0.1, -0.05) is 17.7 Å². The van der Waals surface area contributed by atoms with Crippen LogP contribution in [0, 0.1) is 13.8 Å². The summed E-state index contributed by atoms with van der Waals surface area (Å²) in [6.45, 7) is 3.65. The Hall–Kier alpha value is -2.67. The van der Waals surface area contributed by atoms with Gasteiger partial charge in [0.25, 0.3) is 5.56 Å². The molecule has 1 amide bonds. The number of benzene rings is 1. The number of fused-ring (bicyclic) bond motifs is 1. The van der Waals surface area contributed by atoms with Crippen LogP contribution < -0.4 is 10.9 Å². The molecule has 130 valence electrons. The molecule has 2 heterocycles. The van der Waals surface area contributed by atoms with E-state index >= 15 is 0 Å². The van der Waals surface area contributed by atoms with E-state index in [1.807, 2.05) is 19.2 Å². The number of hydrogen-bond donors (Lipinski definition) is 2. The molecular weight excluding hydrogens is 342 g/mol. The number of aryl methyl sites for hydroxylation is 3. The Morgan fingerprint density at radius 1 is 1.36 bits per heavy atom. The number of aromatic amines is 1. The number of H-pyrrole nitrogens is 1. The van der Waals surface area contributed by atoms with Gasteiger partial charge in [0.15, 0.2) is 0 Å². The van der Waals surface area contributed by atoms with Crippen LogP contribution in [0.25, 0.3) is 10.9 Å². The molecule has 2 N–H and O–H groups in total. The topological polar surface area (TPSA) is 92.7 Å². The van der Waals surface area contributed by atoms with Gasteiger partial charge in [0.2, 0.25) is 5.91 Å². The molecular formula is C17H18ClN5O2. The van der Waals surface area contributed by atoms with E-state index in [0.29, 0.717) is 27.8 Å². The number of carbonyl (C=O) groups is 1. The van der Waals surface area contributed by atoms with E-state index in [2.05, 4.69) is 20.4 Å². The number of rotatable bonds is 4. The summed E-state index contributed by atoms with van der Waals surface area (Å²) < 4.78 is 1.72. The Kier molecular flexibility index (Phi) is 4.59. The van der Waals surface area contributed by atoms with Crippen LogP contribution in [0.3, 0.4) is 0 Å². The fourth-order valence-corrected chi connectivity index (χ4v) is 3.12. The predicted octanol–water partition coefficient (Wildman–Crippen LogP) is 1.79. The van der Waals surface area contributed by atoms with Gasteiger partial charge in [-0.15, -0.1) is 0 Å². The van der Waals surface area contributed by atoms with E-state index in [4.69, 9.17) is 11.6 Å². The van der Waals surface area contributed by atoms with E-state index in [0.717, 1.165) is 10.9 Å². The quantitative estimate of drug-likeness (QED) is 0.742. The smallest absolute Gasteiger partial charge is 0.254 e. The lowest BCUT2D eigenvalue weighted by atomic mass is 10.1. The average molecular weight is 360 g/mol. The summed E-state index contributed by atoms with van der Waals surface area (Å²) in [4.78, 5) is 31.0. The van der Waals surface area contributed by atoms with E-state index < -0.39 is 0 Å². The fourth-order valence-electron chi connectivity index (χ4n) is 2.84. The third-order valence-corrected chi connectivity index (χ3v) is 4.35. The van der Waals surface area contributed by atoms with Crippen LogP contribution in [0.4, 0.5) is 0 Å². The predicted molar refractivity (Wildman–Crippen MR) is 95.6 cm³/mol. The van der Waals surface area contributed by atoms with Crippen molar-refractivity contribution < 1.29 is 4.79 Å². The zero-order chi connectivity index (χ0) is 18.1. The highest BCUT2D eigenvalue weighted by Gasteiger charge is 2.15. The molecule has 25 heavy (non-hydrogen) atoms. The summed E-state index contributed by atoms with van der Waals surface area (Å²) in [7, 11) is 1.82. The van der Waals surface area contributed by atoms with E-state index in [1.165, 1.54) is 0 Å². The molecule has 0 atom stereocenters. The molecule has 0 bridgehead atoms. The highest BCUT2D eigenvalue weighted by atomic mass is 35.5. The Balaban J connectivity index is 1.77. The maximum Gasteiger partial charge on any atom is 0.254 e. The second kappa shape index (κ2) is 6.68. The van der Waals surface area contributed by atoms with E-state index in [1.54, 1.807) is 24.6 Å². The normalized spacial score (nSPS) is 11.0. The first-order valence-corrected chi connectivity index (χ1v) is 8.18. The van der Waals surface area contributed by atoms with Gasteiger partial charge < -0.3 is 10.3 Å². The van der Waals surface area contributed by atoms with Crippen molar-refractivity contribution in [3.63, 3.8) is 0 Å². The van der Waals surface area contributed by atoms with Crippen molar-refractivity contribution in [2.24, 2.45) is 7.05 Å². The zero-order valence-electron chi connectivity index (χ0n) is 14.2. The summed E-state index contributed by atoms with van der Waals surface area (Å²) in [5.41, 5.74) is 2.22. The second-order valence-electron chi connectivity index (χ2n) is 5.87. The summed E-state index contributed by atoms with van der Waals surface area (Å²) in [6.07, 6.45) is -0.0348. The lowest BCUT2D eigenvalue weighted by molar-refractivity contribution is -0.120. The maximum atomic E-state index is 12.2. The molecule has 8 heteroatoms. The van der Waals surface area contributed by atoms with Gasteiger partial charge in [-0.05, 0) is 26.0 Å². The minimum Gasteiger partial charge on any atom is -0.350 e. The van der Waals surface area contributed by atoms with Crippen LogP contribution in [0.5, 0.6) is 0 Å². The summed E-state index contributed by atoms with van der Waals surface area (Å²) >= 11 is 6.26. The second-order valence-corrected chi connectivity index (χ2v) is 6.28. The fraction of sp³-hybridized carbons (Fsp3) is 0.294. The van der Waals surface area contributed by atoms with Gasteiger partial charge in [0.1, 0.15) is 5.82 Å². The van der Waals surface area contributed by atoms with Crippen molar-refractivity contribution in [1.29, 1.82) is 0 Å². The van der Waals surface area contributed by atoms with Crippen LogP contribution in [-0.4, -0.2) is 25.7 Å². The monoisotopic (exact) mass is 359 g/mol. The van der Waals surface area contributed by atoms with Crippen molar-refractivity contribution in [2.75, 3.05) is 0 Å². The number of hydrogen-bond acceptors (Lipinski definition) is 4. The first kappa shape index (κ1) is 17.2. The molecule has 0 radical (unpaired) electrons. The van der Waals surface area contributed by atoms with Crippen molar-refractivity contribution in [1.82, 2.24) is 25.1 Å². The molecule has 1 aromatic carbocycles. The SMILES string of the molecule is Cc1nc(C)c(CC(=O)NCc2nn(C)c3cccc(Cl)c23)c(=O)[nH]1. The Morgan fingerprint density at radius 3 is 2.84 bits per heavy atom. The first-order chi connectivity index (χ1) is 11.9. The van der Waals surface area contributed by atoms with Crippen LogP contribution in [0.1, 0.15) is 22.8 Å². The molecule has 3 aromatic rings. The number of aromatic nitrogens is 4. The van der Waals surface area contributed by atoms with Gasteiger partial charge in [-0.3, -0.25) is 14.3 Å². The Labute approximate surface area is 149 Å². The van der Waals surface area contributed by atoms with Crippen molar-refractivity contribution in [3.05, 3.63) is 56.4 Å². The molecule has 0 unspecified atom stereocenters. The first-order valence-electron chi connectivity index (χ1n) is 7.80. The van der Waals surface area contributed by atoms with E-state index in [9.17, 15) is 9.59 Å². The minimum atomic E-state index is -0.286. The van der Waals surface area contributed by atoms with Crippen molar-refractivity contribution in [3.8, 4) is 0 Å². The maximum absolute atomic E-state index is 12.2. The summed E-state index contributed by atoms with van der Waals surface area (Å²) in [5, 5.41) is 8.61. The lowest BCUT2D eigenvalue weighted by Crippen LogP contribution is -2.29. The third kappa shape index (κ3) is 3.41. The average Bonchev–Trinajstić information content (AvgIpc) is 2.87. The lowest BCUT2D eigenvalue weighted by Gasteiger charge is -2.06. The van der Waals surface area contributed by atoms with Crippen molar-refractivity contribution >= 4 is 28.4 Å². The van der Waals surface area contributed by atoms with Crippen LogP contribution in [0.2, 0.25) is 5.02 Å². The van der Waals surface area contributed by atoms with Gasteiger partial charge in [0.05, 0.1) is 29.2 Å². The van der Waals surface area contributed by atoms with Gasteiger partial charge >= 0.3 is 0 Å². The number of nitrogens with zero attached hydrogens (tertiary/aromatic N) is 3. The number of halogens is 1. The molecule has 3 rings (SSSR count). The standard InChI is InChI=1S/C17H18ClN5O2/c1-9-11(17(25)21-10(2)20-9)7-15(24)19-8-13-16-12(18)5-4-6-14(16)23(3)22-13/h4-6H,7-8H2,1-3H3,(H,19,24)(H,20,21,25). The Morgan fingerprint density at radius 2 is 2.12 bits per heavy atom. The van der Waals surface area contributed by atoms with Gasteiger partial charge in [0, 0.05) is 23.7 Å². The summed E-state index contributed by atoms with van der Waals surface area (Å²) in [5.74, 6) is 0.256. The highest BCUT2D eigenvalue weighted by Crippen LogP contribution is 2.26. The largest absolute Gasteiger partial charge is 0.350 e. The highest BCUT2D eigenvalue weighted by molar-refractivity contribution is 6.35. The van der Waals surface area contributed by atoms with Crippen LogP contribution in [-0.2, 0) is 24.8 Å². The molecule has 0 spiro atoms. The summed E-state index contributed by atoms with van der Waals surface area (Å²) in [6, 6.07) is 5.56. The molecule has 7 nitrogen and oxygen atoms in total. The number of carbonyl (C=O) groups excluding carboxylic acids is 1. The Bertz CT molecular complexity index is 1020. The molecule has 0 fully saturated rings. The van der Waals surface area contributed by atoms with Crippen molar-refractivity contribution in [2.45, 2.75) is 26.8 Å². The number of nitrogens with one attached hydrogen (secondary N) is 2. The third-order valence-electron chi connectivity index (χ3n) is 4.03. The number of amides is 1. The molecule has 0 aliphatic heterocycles. The zero-order valence-corrected chi connectivity index (χ0v) is 14.9. The molecule has 0 aliphatic rings. The van der Waals surface area contributed by atoms with Crippen LogP contribution in [0.15, 0.2) is 23.0 Å². The molecule has 0 saturated heterocycles. The van der Waals surface area contributed by atoms with E-state index in [-0.39, 0.29) is 24.4 Å². The molecule has 0 saturated carbocycles. The molecule has 2 aromatic heterocycles. The molecule has 0 aliphatic carbocycles.